The third-order valence-corrected chi connectivity index (χ3v) is 5.47. The van der Waals surface area contributed by atoms with E-state index in [-0.39, 0.29) is 28.7 Å². The average molecular weight is 461 g/mol. The number of amides is 2. The Kier molecular flexibility index (Phi) is 7.78. The number of nitriles is 1. The van der Waals surface area contributed by atoms with Crippen molar-refractivity contribution in [2.45, 2.75) is 11.9 Å². The van der Waals surface area contributed by atoms with Gasteiger partial charge in [-0.05, 0) is 43.3 Å². The maximum absolute atomic E-state index is 12.6. The van der Waals surface area contributed by atoms with Crippen LogP contribution in [0.15, 0.2) is 65.7 Å². The Morgan fingerprint density at radius 1 is 1.03 bits per heavy atom. The fourth-order valence-corrected chi connectivity index (χ4v) is 3.70. The molecule has 0 saturated carbocycles. The van der Waals surface area contributed by atoms with Gasteiger partial charge < -0.3 is 15.4 Å². The molecule has 0 unspecified atom stereocenters. The minimum Gasteiger partial charge on any atom is -0.465 e. The van der Waals surface area contributed by atoms with Gasteiger partial charge in [0.2, 0.25) is 5.91 Å². The van der Waals surface area contributed by atoms with Crippen LogP contribution in [0, 0.1) is 18.3 Å². The Morgan fingerprint density at radius 3 is 2.45 bits per heavy atom. The average Bonchev–Trinajstić information content (AvgIpc) is 2.83. The number of methoxy groups -OCH3 is 1. The first-order valence-corrected chi connectivity index (χ1v) is 10.8. The molecule has 0 aliphatic rings. The number of esters is 1. The van der Waals surface area contributed by atoms with Crippen molar-refractivity contribution in [1.82, 2.24) is 4.98 Å². The summed E-state index contributed by atoms with van der Waals surface area (Å²) in [5.74, 6) is -1.23. The monoisotopic (exact) mass is 460 g/mol. The first kappa shape index (κ1) is 23.5. The van der Waals surface area contributed by atoms with Crippen LogP contribution in [0.2, 0.25) is 0 Å². The molecule has 2 N–H and O–H groups in total. The summed E-state index contributed by atoms with van der Waals surface area (Å²) >= 11 is 1.08. The molecule has 0 aliphatic carbocycles. The zero-order chi connectivity index (χ0) is 23.8. The fraction of sp³-hybridized carbons (Fsp3) is 0.125. The van der Waals surface area contributed by atoms with Crippen molar-refractivity contribution in [3.05, 3.63) is 83.0 Å². The molecule has 0 atom stereocenters. The van der Waals surface area contributed by atoms with Crippen LogP contribution in [-0.4, -0.2) is 35.6 Å². The van der Waals surface area contributed by atoms with Crippen molar-refractivity contribution in [1.29, 1.82) is 5.26 Å². The first-order valence-electron chi connectivity index (χ1n) is 9.80. The first-order chi connectivity index (χ1) is 15.9. The summed E-state index contributed by atoms with van der Waals surface area (Å²) in [6, 6.07) is 18.9. The number of anilines is 2. The number of nitrogens with zero attached hydrogens (tertiary/aromatic N) is 2. The second kappa shape index (κ2) is 10.9. The van der Waals surface area contributed by atoms with Gasteiger partial charge >= 0.3 is 5.97 Å². The molecule has 3 aromatic rings. The van der Waals surface area contributed by atoms with E-state index in [1.54, 1.807) is 49.4 Å². The van der Waals surface area contributed by atoms with E-state index in [9.17, 15) is 19.6 Å². The van der Waals surface area contributed by atoms with Gasteiger partial charge in [0.15, 0.2) is 0 Å². The number of pyridine rings is 1. The summed E-state index contributed by atoms with van der Waals surface area (Å²) in [7, 11) is 1.28. The number of aromatic nitrogens is 1. The zero-order valence-electron chi connectivity index (χ0n) is 17.9. The number of hydrogen-bond donors (Lipinski definition) is 2. The molecule has 0 radical (unpaired) electrons. The van der Waals surface area contributed by atoms with Crippen LogP contribution < -0.4 is 10.6 Å². The molecular weight excluding hydrogens is 440 g/mol. The maximum atomic E-state index is 12.6. The molecule has 0 saturated heterocycles. The van der Waals surface area contributed by atoms with Crippen molar-refractivity contribution in [2.24, 2.45) is 0 Å². The van der Waals surface area contributed by atoms with Gasteiger partial charge in [-0.3, -0.25) is 9.59 Å². The maximum Gasteiger partial charge on any atom is 0.337 e. The van der Waals surface area contributed by atoms with Crippen molar-refractivity contribution in [2.75, 3.05) is 23.5 Å². The highest BCUT2D eigenvalue weighted by molar-refractivity contribution is 8.00. The van der Waals surface area contributed by atoms with Crippen molar-refractivity contribution < 1.29 is 19.1 Å². The van der Waals surface area contributed by atoms with Crippen LogP contribution in [-0.2, 0) is 9.53 Å². The normalized spacial score (nSPS) is 10.1. The van der Waals surface area contributed by atoms with Crippen LogP contribution >= 0.6 is 11.8 Å². The van der Waals surface area contributed by atoms with Gasteiger partial charge in [0, 0.05) is 11.4 Å². The Balaban J connectivity index is 1.68. The highest BCUT2D eigenvalue weighted by atomic mass is 32.2. The number of thioether (sulfide) groups is 1. The number of ether oxygens (including phenoxy) is 1. The lowest BCUT2D eigenvalue weighted by molar-refractivity contribution is -0.113. The van der Waals surface area contributed by atoms with Crippen LogP contribution in [0.5, 0.6) is 0 Å². The van der Waals surface area contributed by atoms with E-state index in [2.05, 4.69) is 20.4 Å². The van der Waals surface area contributed by atoms with Crippen LogP contribution in [0.1, 0.15) is 32.0 Å². The van der Waals surface area contributed by atoms with Gasteiger partial charge in [0.1, 0.15) is 11.1 Å². The van der Waals surface area contributed by atoms with E-state index >= 15 is 0 Å². The fourth-order valence-electron chi connectivity index (χ4n) is 2.90. The van der Waals surface area contributed by atoms with E-state index in [4.69, 9.17) is 0 Å². The van der Waals surface area contributed by atoms with Gasteiger partial charge in [-0.2, -0.15) is 5.26 Å². The Bertz CT molecular complexity index is 1240. The van der Waals surface area contributed by atoms with Gasteiger partial charge in [-0.15, -0.1) is 0 Å². The van der Waals surface area contributed by atoms with Crippen molar-refractivity contribution in [3.8, 4) is 6.07 Å². The lowest BCUT2D eigenvalue weighted by atomic mass is 10.1. The topological polar surface area (TPSA) is 121 Å². The van der Waals surface area contributed by atoms with Gasteiger partial charge in [-0.1, -0.05) is 36.0 Å². The third kappa shape index (κ3) is 6.18. The summed E-state index contributed by atoms with van der Waals surface area (Å²) in [5, 5.41) is 15.4. The summed E-state index contributed by atoms with van der Waals surface area (Å²) < 4.78 is 4.67. The Morgan fingerprint density at radius 2 is 1.76 bits per heavy atom. The third-order valence-electron chi connectivity index (χ3n) is 4.48. The number of aryl methyl sites for hydroxylation is 1. The number of nitrogens with one attached hydrogen (secondary N) is 2. The largest absolute Gasteiger partial charge is 0.465 e. The molecule has 3 rings (SSSR count). The van der Waals surface area contributed by atoms with Crippen LogP contribution in [0.25, 0.3) is 0 Å². The minimum atomic E-state index is -0.504. The second-order valence-electron chi connectivity index (χ2n) is 6.82. The SMILES string of the molecule is COC(=O)c1cccc(NC(=O)CSc2nc(C)c(C(=O)Nc3ccccc3)cc2C#N)c1. The van der Waals surface area contributed by atoms with Crippen molar-refractivity contribution >= 4 is 40.9 Å². The molecule has 1 heterocycles. The summed E-state index contributed by atoms with van der Waals surface area (Å²) in [6.07, 6.45) is 0. The molecular formula is C24H20N4O4S. The molecule has 0 aliphatic heterocycles. The molecule has 0 spiro atoms. The molecule has 0 bridgehead atoms. The molecule has 33 heavy (non-hydrogen) atoms. The van der Waals surface area contributed by atoms with E-state index < -0.39 is 5.97 Å². The van der Waals surface area contributed by atoms with Crippen LogP contribution in [0.3, 0.4) is 0 Å². The Hall–Kier alpha value is -4.16. The quantitative estimate of drug-likeness (QED) is 0.403. The van der Waals surface area contributed by atoms with E-state index in [1.807, 2.05) is 12.1 Å². The summed E-state index contributed by atoms with van der Waals surface area (Å²) in [4.78, 5) is 41.0. The lowest BCUT2D eigenvalue weighted by Gasteiger charge is -2.11. The standard InChI is InChI=1S/C24H20N4O4S/c1-15-20(22(30)28-18-8-4-3-5-9-18)12-17(13-25)23(26-15)33-14-21(29)27-19-10-6-7-16(11-19)24(31)32-2/h3-12H,14H2,1-2H3,(H,27,29)(H,28,30). The van der Waals surface area contributed by atoms with Crippen LogP contribution in [0.4, 0.5) is 11.4 Å². The molecule has 1 aromatic heterocycles. The zero-order valence-corrected chi connectivity index (χ0v) is 18.7. The van der Waals surface area contributed by atoms with Gasteiger partial charge in [0.05, 0.1) is 35.2 Å². The smallest absolute Gasteiger partial charge is 0.337 e. The molecule has 166 valence electrons. The predicted octanol–water partition coefficient (Wildman–Crippen LogP) is 4.03. The molecule has 2 aromatic carbocycles. The Labute approximate surface area is 195 Å². The number of rotatable bonds is 7. The van der Waals surface area contributed by atoms with Gasteiger partial charge in [-0.25, -0.2) is 9.78 Å². The van der Waals surface area contributed by atoms with E-state index in [1.165, 1.54) is 19.2 Å². The molecule has 0 fully saturated rings. The lowest BCUT2D eigenvalue weighted by Crippen LogP contribution is -2.16. The molecule has 9 heteroatoms. The predicted molar refractivity (Wildman–Crippen MR) is 125 cm³/mol. The number of hydrogen-bond acceptors (Lipinski definition) is 7. The molecule has 8 nitrogen and oxygen atoms in total. The summed E-state index contributed by atoms with van der Waals surface area (Å²) in [6.45, 7) is 1.67. The van der Waals surface area contributed by atoms with Crippen molar-refractivity contribution in [3.63, 3.8) is 0 Å². The number of benzene rings is 2. The summed E-state index contributed by atoms with van der Waals surface area (Å²) in [5.41, 5.74) is 2.31. The van der Waals surface area contributed by atoms with Gasteiger partial charge in [0.25, 0.3) is 5.91 Å². The molecule has 2 amide bonds. The minimum absolute atomic E-state index is 0.0148. The highest BCUT2D eigenvalue weighted by Crippen LogP contribution is 2.24. The number of carbonyl (C=O) groups is 3. The highest BCUT2D eigenvalue weighted by Gasteiger charge is 2.17. The van der Waals surface area contributed by atoms with E-state index in [0.29, 0.717) is 27.7 Å². The number of para-hydroxylation sites is 1. The van der Waals surface area contributed by atoms with E-state index in [0.717, 1.165) is 11.8 Å². The number of carbonyl (C=O) groups excluding carboxylic acids is 3. The second-order valence-corrected chi connectivity index (χ2v) is 7.78.